The van der Waals surface area contributed by atoms with Gasteiger partial charge in [0.25, 0.3) is 0 Å². The summed E-state index contributed by atoms with van der Waals surface area (Å²) < 4.78 is 17.5. The first-order valence-corrected chi connectivity index (χ1v) is 24.3. The van der Waals surface area contributed by atoms with Gasteiger partial charge in [0.15, 0.2) is 0 Å². The number of amides is 4. The van der Waals surface area contributed by atoms with Gasteiger partial charge in [-0.2, -0.15) is 0 Å². The lowest BCUT2D eigenvalue weighted by Crippen LogP contribution is -2.60. The van der Waals surface area contributed by atoms with Crippen molar-refractivity contribution < 1.29 is 58.0 Å². The van der Waals surface area contributed by atoms with E-state index in [2.05, 4.69) is 10.6 Å². The van der Waals surface area contributed by atoms with Crippen LogP contribution < -0.4 is 10.6 Å². The molecule has 0 aliphatic carbocycles. The van der Waals surface area contributed by atoms with Crippen LogP contribution in [0.1, 0.15) is 107 Å². The number of hydrogen-bond donors (Lipinski definition) is 4. The predicted octanol–water partition coefficient (Wildman–Crippen LogP) is 4.18. The summed E-state index contributed by atoms with van der Waals surface area (Å²) in [6, 6.07) is 5.62. The van der Waals surface area contributed by atoms with Gasteiger partial charge in [0, 0.05) is 46.8 Å². The summed E-state index contributed by atoms with van der Waals surface area (Å²) in [5, 5.41) is 24.3. The SMILES string of the molecule is CC.CCC(C)C(C(CC(=O)N1CCCC1C(OC)C(C)C(=O)NC(Cc1ccccc1)C(=O)OCCN(CC(=O)O)CC(=O)O)OC)N(C)C(=O)[C@@H](NC(=O)C(C(C)C)N(C)C(C)C)C(C)C. The first-order valence-electron chi connectivity index (χ1n) is 24.3. The van der Waals surface area contributed by atoms with E-state index in [0.29, 0.717) is 25.8 Å². The monoisotopic (exact) mass is 963 g/mol. The van der Waals surface area contributed by atoms with Crippen LogP contribution in [0, 0.1) is 23.7 Å². The van der Waals surface area contributed by atoms with E-state index in [-0.39, 0.29) is 67.5 Å². The highest BCUT2D eigenvalue weighted by Gasteiger charge is 2.44. The van der Waals surface area contributed by atoms with E-state index >= 15 is 0 Å². The number of rotatable bonds is 29. The van der Waals surface area contributed by atoms with E-state index in [0.717, 1.165) is 10.5 Å². The molecule has 1 aliphatic rings. The number of benzene rings is 1. The topological polar surface area (TPSA) is 225 Å². The van der Waals surface area contributed by atoms with E-state index in [1.54, 1.807) is 48.0 Å². The number of hydrogen-bond acceptors (Lipinski definition) is 12. The number of carboxylic acids is 2. The molecule has 0 radical (unpaired) electrons. The molecule has 9 atom stereocenters. The highest BCUT2D eigenvalue weighted by Crippen LogP contribution is 2.30. The molecule has 68 heavy (non-hydrogen) atoms. The summed E-state index contributed by atoms with van der Waals surface area (Å²) in [5.74, 6) is -5.70. The van der Waals surface area contributed by atoms with Crippen molar-refractivity contribution in [2.75, 3.05) is 61.1 Å². The number of methoxy groups -OCH3 is 2. The van der Waals surface area contributed by atoms with Gasteiger partial charge in [-0.3, -0.25) is 38.6 Å². The summed E-state index contributed by atoms with van der Waals surface area (Å²) in [7, 11) is 6.60. The largest absolute Gasteiger partial charge is 0.480 e. The minimum absolute atomic E-state index is 0.00427. The highest BCUT2D eigenvalue weighted by molar-refractivity contribution is 5.90. The number of esters is 1. The third-order valence-corrected chi connectivity index (χ3v) is 12.9. The molecule has 0 saturated carbocycles. The first kappa shape index (κ1) is 61.4. The van der Waals surface area contributed by atoms with Crippen LogP contribution in [0.4, 0.5) is 0 Å². The van der Waals surface area contributed by atoms with Crippen molar-refractivity contribution in [1.82, 2.24) is 30.2 Å². The Morgan fingerprint density at radius 3 is 1.90 bits per heavy atom. The van der Waals surface area contributed by atoms with Crippen LogP contribution in [0.2, 0.25) is 0 Å². The molecular weight excluding hydrogens is 877 g/mol. The van der Waals surface area contributed by atoms with Gasteiger partial charge in [-0.15, -0.1) is 0 Å². The Bertz CT molecular complexity index is 1720. The van der Waals surface area contributed by atoms with Crippen molar-refractivity contribution in [3.05, 3.63) is 35.9 Å². The zero-order chi connectivity index (χ0) is 52.0. The molecule has 4 N–H and O–H groups in total. The van der Waals surface area contributed by atoms with Crippen molar-refractivity contribution >= 4 is 41.5 Å². The molecule has 1 saturated heterocycles. The second kappa shape index (κ2) is 30.8. The molecule has 1 aromatic carbocycles. The summed E-state index contributed by atoms with van der Waals surface area (Å²) in [6.45, 7) is 20.3. The smallest absolute Gasteiger partial charge is 0.329 e. The summed E-state index contributed by atoms with van der Waals surface area (Å²) >= 11 is 0. The Hall–Kier alpha value is -4.65. The molecule has 0 aromatic heterocycles. The van der Waals surface area contributed by atoms with Crippen LogP contribution in [-0.2, 0) is 54.2 Å². The van der Waals surface area contributed by atoms with Crippen molar-refractivity contribution in [2.24, 2.45) is 23.7 Å². The van der Waals surface area contributed by atoms with Crippen LogP contribution in [0.3, 0.4) is 0 Å². The number of carbonyl (C=O) groups is 7. The molecule has 1 heterocycles. The lowest BCUT2D eigenvalue weighted by Gasteiger charge is -2.41. The lowest BCUT2D eigenvalue weighted by atomic mass is 9.89. The Kier molecular flexibility index (Phi) is 27.8. The molecule has 8 unspecified atom stereocenters. The number of carboxylic acid groups (broad SMARTS) is 2. The number of likely N-dealkylation sites (N-methyl/N-ethyl adjacent to an activating group) is 2. The summed E-state index contributed by atoms with van der Waals surface area (Å²) in [6.07, 6.45) is 0.395. The molecule has 0 bridgehead atoms. The Morgan fingerprint density at radius 1 is 0.824 bits per heavy atom. The lowest BCUT2D eigenvalue weighted by molar-refractivity contribution is -0.150. The average Bonchev–Trinajstić information content (AvgIpc) is 3.77. The Balaban J connectivity index is 0.0000114. The number of nitrogens with one attached hydrogen (secondary N) is 2. The molecule has 0 spiro atoms. The normalized spacial score (nSPS) is 17.4. The van der Waals surface area contributed by atoms with Crippen molar-refractivity contribution in [3.8, 4) is 0 Å². The van der Waals surface area contributed by atoms with Gasteiger partial charge >= 0.3 is 17.9 Å². The number of likely N-dealkylation sites (tertiary alicyclic amines) is 1. The van der Waals surface area contributed by atoms with E-state index in [1.807, 2.05) is 87.3 Å². The standard InChI is InChI=1S/C48H80N6O12.C2H6/c1-14-32(8)43(52(11)47(62)41(29(2)3)50-46(61)42(30(4)5)51(10)31(6)7)37(64-12)26-38(55)54-22-18-21-36(54)44(65-13)33(9)45(60)49-35(25-34-19-16-15-17-20-34)48(63)66-24-23-53(27-39(56)57)28-40(58)59;1-2/h15-17,19-20,29-33,35-37,41-44H,14,18,21-28H2,1-13H3,(H,49,60)(H,50,61)(H,56,57)(H,58,59);1-2H3/t32?,33?,35?,36?,37?,41-,42?,43?,44?;/m0./s1. The Labute approximate surface area is 406 Å². The first-order chi connectivity index (χ1) is 32.0. The second-order valence-electron chi connectivity index (χ2n) is 18.7. The van der Waals surface area contributed by atoms with Gasteiger partial charge in [-0.1, -0.05) is 99.1 Å². The maximum absolute atomic E-state index is 14.5. The third kappa shape index (κ3) is 18.7. The number of aliphatic carboxylic acids is 2. The fourth-order valence-corrected chi connectivity index (χ4v) is 8.88. The van der Waals surface area contributed by atoms with Crippen molar-refractivity contribution in [3.63, 3.8) is 0 Å². The quantitative estimate of drug-likeness (QED) is 0.0828. The van der Waals surface area contributed by atoms with Crippen LogP contribution in [0.5, 0.6) is 0 Å². The van der Waals surface area contributed by atoms with Gasteiger partial charge in [-0.25, -0.2) is 4.79 Å². The fraction of sp³-hybridized carbons (Fsp3) is 0.740. The van der Waals surface area contributed by atoms with Crippen LogP contribution in [0.25, 0.3) is 0 Å². The van der Waals surface area contributed by atoms with Crippen LogP contribution >= 0.6 is 0 Å². The van der Waals surface area contributed by atoms with Gasteiger partial charge in [0.1, 0.15) is 18.7 Å². The summed E-state index contributed by atoms with van der Waals surface area (Å²) in [5.41, 5.74) is 0.732. The average molecular weight is 963 g/mol. The molecule has 1 aliphatic heterocycles. The Morgan fingerprint density at radius 2 is 1.41 bits per heavy atom. The van der Waals surface area contributed by atoms with Crippen LogP contribution in [0.15, 0.2) is 30.3 Å². The minimum atomic E-state index is -1.24. The fourth-order valence-electron chi connectivity index (χ4n) is 8.88. The molecule has 4 amide bonds. The van der Waals surface area contributed by atoms with Gasteiger partial charge in [0.05, 0.1) is 55.8 Å². The molecule has 18 nitrogen and oxygen atoms in total. The number of ether oxygens (including phenoxy) is 3. The van der Waals surface area contributed by atoms with E-state index in [4.69, 9.17) is 14.2 Å². The predicted molar refractivity (Wildman–Crippen MR) is 261 cm³/mol. The molecular formula is C50H86N6O12. The van der Waals surface area contributed by atoms with E-state index in [1.165, 1.54) is 14.2 Å². The molecule has 1 aromatic rings. The zero-order valence-electron chi connectivity index (χ0n) is 43.7. The van der Waals surface area contributed by atoms with Gasteiger partial charge in [0.2, 0.25) is 23.6 Å². The van der Waals surface area contributed by atoms with Crippen LogP contribution in [-0.4, -0.2) is 181 Å². The minimum Gasteiger partial charge on any atom is -0.480 e. The summed E-state index contributed by atoms with van der Waals surface area (Å²) in [4.78, 5) is 99.2. The van der Waals surface area contributed by atoms with Gasteiger partial charge < -0.3 is 44.9 Å². The van der Waals surface area contributed by atoms with E-state index in [9.17, 15) is 43.8 Å². The van der Waals surface area contributed by atoms with Crippen molar-refractivity contribution in [2.45, 2.75) is 157 Å². The molecule has 2 rings (SSSR count). The second-order valence-corrected chi connectivity index (χ2v) is 18.7. The highest BCUT2D eigenvalue weighted by atomic mass is 16.5. The number of nitrogens with zero attached hydrogens (tertiary/aromatic N) is 4. The van der Waals surface area contributed by atoms with Crippen molar-refractivity contribution in [1.29, 1.82) is 0 Å². The van der Waals surface area contributed by atoms with Gasteiger partial charge in [-0.05, 0) is 57.1 Å². The maximum atomic E-state index is 14.5. The maximum Gasteiger partial charge on any atom is 0.329 e. The number of carbonyl (C=O) groups excluding carboxylic acids is 5. The molecule has 1 fully saturated rings. The third-order valence-electron chi connectivity index (χ3n) is 12.9. The molecule has 18 heteroatoms. The zero-order valence-corrected chi connectivity index (χ0v) is 43.7. The molecule has 388 valence electrons. The van der Waals surface area contributed by atoms with E-state index < -0.39 is 85.2 Å².